The average molecular weight is 1030 g/mol. The Labute approximate surface area is 460 Å². The van der Waals surface area contributed by atoms with Crippen LogP contribution >= 0.6 is 0 Å². The second-order valence-corrected chi connectivity index (χ2v) is 19.1. The summed E-state index contributed by atoms with van der Waals surface area (Å²) in [5, 5.41) is 6.89. The lowest BCUT2D eigenvalue weighted by atomic mass is 9.96. The molecule has 74 heavy (non-hydrogen) atoms. The fourth-order valence-corrected chi connectivity index (χ4v) is 7.55. The van der Waals surface area contributed by atoms with Gasteiger partial charge in [0.05, 0.1) is 32.2 Å². The Morgan fingerprint density at radius 1 is 0.824 bits per heavy atom. The summed E-state index contributed by atoms with van der Waals surface area (Å²) in [6.45, 7) is 50.4. The second-order valence-electron chi connectivity index (χ2n) is 19.1. The maximum absolute atomic E-state index is 11.3. The van der Waals surface area contributed by atoms with Gasteiger partial charge in [0.25, 0.3) is 0 Å². The van der Waals surface area contributed by atoms with Crippen molar-refractivity contribution in [3.8, 4) is 5.75 Å². The van der Waals surface area contributed by atoms with Crippen LogP contribution in [0, 0.1) is 24.7 Å². The molecular formula is C67H120N4O3. The first kappa shape index (κ1) is 78.3. The number of hydrogen-bond donors (Lipinski definition) is 3. The number of anilines is 1. The van der Waals surface area contributed by atoms with Gasteiger partial charge in [0, 0.05) is 29.5 Å². The first-order valence-corrected chi connectivity index (χ1v) is 29.0. The summed E-state index contributed by atoms with van der Waals surface area (Å²) in [4.78, 5) is 15.5. The molecule has 0 amide bonds. The van der Waals surface area contributed by atoms with Gasteiger partial charge in [0.1, 0.15) is 11.5 Å². The number of nitrogens with zero attached hydrogens (tertiary/aromatic N) is 1. The van der Waals surface area contributed by atoms with Gasteiger partial charge in [-0.3, -0.25) is 4.99 Å². The number of nitrogens with one attached hydrogen (secondary N) is 2. The van der Waals surface area contributed by atoms with Crippen molar-refractivity contribution >= 4 is 17.8 Å². The van der Waals surface area contributed by atoms with Crippen LogP contribution in [-0.4, -0.2) is 44.0 Å². The average Bonchev–Trinajstić information content (AvgIpc) is 3.80. The number of ketones is 1. The summed E-state index contributed by atoms with van der Waals surface area (Å²) in [6.07, 6.45) is 29.3. The predicted octanol–water partition coefficient (Wildman–Crippen LogP) is 19.7. The fourth-order valence-electron chi connectivity index (χ4n) is 7.55. The van der Waals surface area contributed by atoms with E-state index in [4.69, 9.17) is 15.2 Å². The summed E-state index contributed by atoms with van der Waals surface area (Å²) in [6, 6.07) is 16.7. The standard InChI is InChI=1S/C21H33N3O.C20H25NO2.C9H20.C8H18.C3H6.3C2H6/c1-7-18(10-11-25-21(4,5)6)19(14-23-15-22)13-17(3)24-20-9-8-16(2)12-20;1-15-4-9-18(10-5-15)21-19(11-6-16(2)22)14-17-7-12-20(23-3)13-8-17;1-4-7-9(6-3)8-5-2;1-4-6-8(3)7-5-2;1-3-2;3*1-2/h7-9,12-13,15-16,24H,3,10-11,14H2,1-2,4-6H3,(H2,22,23);4-5,7-10,12-13,19,21H,6,11,14H2,1-3H3;9H,4-8H2,1-3H3;8H,4-7H2,1-3H3;3H,1H2,2H3;3*1-2H3/b18-7-,19-13-;;;;;;;. The normalized spacial score (nSPS) is 12.9. The fraction of sp³-hybridized carbons (Fsp3) is 0.612. The van der Waals surface area contributed by atoms with Crippen molar-refractivity contribution in [2.45, 2.75) is 234 Å². The zero-order valence-corrected chi connectivity index (χ0v) is 52.2. The highest BCUT2D eigenvalue weighted by Crippen LogP contribution is 2.22. The molecule has 0 heterocycles. The smallest absolute Gasteiger partial charge is 0.129 e. The molecule has 2 aromatic carbocycles. The van der Waals surface area contributed by atoms with Crippen LogP contribution in [0.4, 0.5) is 5.69 Å². The van der Waals surface area contributed by atoms with Crippen molar-refractivity contribution in [1.29, 1.82) is 0 Å². The zero-order valence-electron chi connectivity index (χ0n) is 52.2. The van der Waals surface area contributed by atoms with Gasteiger partial charge in [0.15, 0.2) is 0 Å². The first-order chi connectivity index (χ1) is 35.4. The monoisotopic (exact) mass is 1030 g/mol. The molecular weight excluding hydrogens is 909 g/mol. The van der Waals surface area contributed by atoms with Crippen molar-refractivity contribution in [1.82, 2.24) is 5.32 Å². The molecule has 7 heteroatoms. The Hall–Kier alpha value is -4.62. The minimum atomic E-state index is -0.138. The van der Waals surface area contributed by atoms with E-state index in [-0.39, 0.29) is 17.4 Å². The topological polar surface area (TPSA) is 98.0 Å². The lowest BCUT2D eigenvalue weighted by molar-refractivity contribution is -0.117. The van der Waals surface area contributed by atoms with Gasteiger partial charge >= 0.3 is 0 Å². The van der Waals surface area contributed by atoms with Crippen molar-refractivity contribution in [2.75, 3.05) is 25.6 Å². The van der Waals surface area contributed by atoms with Crippen LogP contribution in [0.15, 0.2) is 126 Å². The van der Waals surface area contributed by atoms with Crippen LogP contribution in [0.3, 0.4) is 0 Å². The molecule has 0 aliphatic heterocycles. The molecule has 0 saturated heterocycles. The number of ether oxygens (including phenoxy) is 2. The van der Waals surface area contributed by atoms with E-state index in [0.29, 0.717) is 25.5 Å². The third-order valence-electron chi connectivity index (χ3n) is 11.2. The summed E-state index contributed by atoms with van der Waals surface area (Å²) in [7, 11) is 1.67. The van der Waals surface area contributed by atoms with E-state index in [2.05, 4.69) is 166 Å². The predicted molar refractivity (Wildman–Crippen MR) is 336 cm³/mol. The van der Waals surface area contributed by atoms with Crippen LogP contribution in [0.1, 0.15) is 220 Å². The van der Waals surface area contributed by atoms with Gasteiger partial charge in [-0.05, 0) is 139 Å². The molecule has 4 N–H and O–H groups in total. The first-order valence-electron chi connectivity index (χ1n) is 29.0. The van der Waals surface area contributed by atoms with E-state index >= 15 is 0 Å². The molecule has 3 rings (SSSR count). The van der Waals surface area contributed by atoms with Gasteiger partial charge in [-0.15, -0.1) is 6.58 Å². The number of carbonyl (C=O) groups is 1. The lowest BCUT2D eigenvalue weighted by Gasteiger charge is -2.20. The Bertz CT molecular complexity index is 1730. The van der Waals surface area contributed by atoms with Crippen LogP contribution in [0.25, 0.3) is 0 Å². The van der Waals surface area contributed by atoms with Crippen molar-refractivity contribution < 1.29 is 14.3 Å². The van der Waals surface area contributed by atoms with Gasteiger partial charge in [-0.25, -0.2) is 0 Å². The number of Topliss-reactive ketones (excluding diaryl/α,β-unsaturated/α-hetero) is 1. The molecule has 1 aliphatic rings. The highest BCUT2D eigenvalue weighted by molar-refractivity contribution is 5.75. The van der Waals surface area contributed by atoms with Crippen LogP contribution in [-0.2, 0) is 16.0 Å². The van der Waals surface area contributed by atoms with Gasteiger partial charge in [0.2, 0.25) is 0 Å². The van der Waals surface area contributed by atoms with E-state index in [1.807, 2.05) is 73.6 Å². The summed E-state index contributed by atoms with van der Waals surface area (Å²) in [5.41, 5.74) is 13.1. The Balaban J connectivity index is -0.000000294. The molecule has 0 radical (unpaired) electrons. The molecule has 2 aromatic rings. The van der Waals surface area contributed by atoms with Crippen LogP contribution in [0.2, 0.25) is 0 Å². The summed E-state index contributed by atoms with van der Waals surface area (Å²) in [5.74, 6) is 3.53. The number of benzene rings is 2. The summed E-state index contributed by atoms with van der Waals surface area (Å²) < 4.78 is 11.1. The molecule has 7 nitrogen and oxygen atoms in total. The Morgan fingerprint density at radius 2 is 1.35 bits per heavy atom. The number of methoxy groups -OCH3 is 1. The minimum absolute atomic E-state index is 0.138. The molecule has 0 bridgehead atoms. The van der Waals surface area contributed by atoms with Crippen LogP contribution < -0.4 is 21.1 Å². The highest BCUT2D eigenvalue weighted by Gasteiger charge is 2.14. The van der Waals surface area contributed by atoms with E-state index in [0.717, 1.165) is 59.5 Å². The molecule has 2 unspecified atom stereocenters. The molecule has 1 aliphatic carbocycles. The Morgan fingerprint density at radius 3 is 1.76 bits per heavy atom. The van der Waals surface area contributed by atoms with Crippen molar-refractivity contribution in [2.24, 2.45) is 28.5 Å². The molecule has 426 valence electrons. The number of allylic oxidation sites excluding steroid dienone is 6. The third-order valence-corrected chi connectivity index (χ3v) is 11.2. The summed E-state index contributed by atoms with van der Waals surface area (Å²) >= 11 is 0. The molecule has 0 fully saturated rings. The third kappa shape index (κ3) is 48.3. The Kier molecular flexibility index (Phi) is 57.8. The quantitative estimate of drug-likeness (QED) is 0.0376. The number of nitrogens with two attached hydrogens (primary N) is 1. The number of carbonyl (C=O) groups excluding carboxylic acids is 1. The number of hydrogen-bond acceptors (Lipinski definition) is 6. The second kappa shape index (κ2) is 54.6. The van der Waals surface area contributed by atoms with E-state index in [1.54, 1.807) is 20.1 Å². The van der Waals surface area contributed by atoms with E-state index < -0.39 is 0 Å². The van der Waals surface area contributed by atoms with Gasteiger partial charge in [-0.2, -0.15) is 0 Å². The maximum Gasteiger partial charge on any atom is 0.129 e. The van der Waals surface area contributed by atoms with Crippen LogP contribution in [0.5, 0.6) is 5.75 Å². The maximum atomic E-state index is 11.3. The van der Waals surface area contributed by atoms with E-state index in [9.17, 15) is 4.79 Å². The molecule has 0 saturated carbocycles. The SMILES string of the molecule is C=C(/C=C(CN=CN)\C(=C/C)CCOC(C)(C)C)NC1=CC(C)C=C1.C=CC.CC.CC.CC.CCCC(C)CCC.CCCC(CC)CCC.COc1ccc(CC(CCC(C)=O)Nc2ccc(C)cc2)cc1. The minimum Gasteiger partial charge on any atom is -0.497 e. The van der Waals surface area contributed by atoms with Gasteiger partial charge in [-0.1, -0.05) is 209 Å². The largest absolute Gasteiger partial charge is 0.497 e. The number of aryl methyl sites for hydroxylation is 1. The van der Waals surface area contributed by atoms with Crippen molar-refractivity contribution in [3.05, 3.63) is 132 Å². The van der Waals surface area contributed by atoms with Crippen molar-refractivity contribution in [3.63, 3.8) is 0 Å². The zero-order chi connectivity index (χ0) is 57.8. The number of rotatable bonds is 26. The molecule has 2 atom stereocenters. The lowest BCUT2D eigenvalue weighted by Crippen LogP contribution is -2.23. The molecule has 0 spiro atoms. The number of aliphatic imine (C=N–C) groups is 1. The molecule has 0 aromatic heterocycles. The van der Waals surface area contributed by atoms with Gasteiger partial charge < -0.3 is 30.6 Å². The van der Waals surface area contributed by atoms with E-state index in [1.165, 1.54) is 80.8 Å². The highest BCUT2D eigenvalue weighted by atomic mass is 16.5.